The number of para-hydroxylation sites is 2. The van der Waals surface area contributed by atoms with Crippen molar-refractivity contribution in [2.75, 3.05) is 0 Å². The summed E-state index contributed by atoms with van der Waals surface area (Å²) < 4.78 is 2.37. The van der Waals surface area contributed by atoms with Crippen molar-refractivity contribution < 1.29 is 0 Å². The SMILES string of the molecule is c1cc2c(-c3ccccc3)c3ccccc3c(-c3ccc(-n4c5ccccc5c5ccccc54)cc3)c2cc#1. The molecule has 0 saturated carbocycles. The Morgan fingerprint density at radius 1 is 0.359 bits per heavy atom. The van der Waals surface area contributed by atoms with E-state index in [0.29, 0.717) is 0 Å². The molecular weight excluding hydrogens is 470 g/mol. The van der Waals surface area contributed by atoms with Crippen LogP contribution in [0, 0.1) is 12.1 Å². The summed E-state index contributed by atoms with van der Waals surface area (Å²) in [5, 5.41) is 7.43. The van der Waals surface area contributed by atoms with E-state index < -0.39 is 0 Å². The number of benzene rings is 6. The molecular formula is C38H23N. The number of hydrogen-bond donors (Lipinski definition) is 0. The summed E-state index contributed by atoms with van der Waals surface area (Å²) in [5.41, 5.74) is 8.49. The average Bonchev–Trinajstić information content (AvgIpc) is 3.35. The smallest absolute Gasteiger partial charge is 0.0541 e. The second kappa shape index (κ2) is 8.62. The van der Waals surface area contributed by atoms with Gasteiger partial charge in [-0.3, -0.25) is 0 Å². The van der Waals surface area contributed by atoms with Gasteiger partial charge in [0.05, 0.1) is 11.0 Å². The van der Waals surface area contributed by atoms with Gasteiger partial charge in [-0.15, -0.1) is 0 Å². The number of nitrogens with zero attached hydrogens (tertiary/aromatic N) is 1. The molecule has 39 heavy (non-hydrogen) atoms. The summed E-state index contributed by atoms with van der Waals surface area (Å²) in [6.07, 6.45) is 0. The van der Waals surface area contributed by atoms with Crippen molar-refractivity contribution in [3.05, 3.63) is 152 Å². The maximum absolute atomic E-state index is 3.23. The van der Waals surface area contributed by atoms with Gasteiger partial charge in [0, 0.05) is 16.5 Å². The standard InChI is InChI=1S/C38H23N/c1-2-12-26(13-3-1)37-31-16-4-6-18-33(31)38(34-19-7-5-17-32(34)37)27-22-24-28(25-23-27)39-35-20-10-8-14-29(35)30-15-9-11-21-36(30)39/h1-4,6,8-25H. The lowest BCUT2D eigenvalue weighted by Gasteiger charge is -2.17. The predicted molar refractivity (Wildman–Crippen MR) is 164 cm³/mol. The molecule has 0 spiro atoms. The van der Waals surface area contributed by atoms with Crippen LogP contribution < -0.4 is 0 Å². The monoisotopic (exact) mass is 493 g/mol. The molecule has 1 nitrogen and oxygen atoms in total. The first kappa shape index (κ1) is 21.7. The molecule has 1 aromatic heterocycles. The average molecular weight is 494 g/mol. The number of rotatable bonds is 3. The zero-order valence-corrected chi connectivity index (χ0v) is 21.2. The minimum Gasteiger partial charge on any atom is -0.309 e. The second-order valence-electron chi connectivity index (χ2n) is 9.98. The van der Waals surface area contributed by atoms with E-state index in [1.54, 1.807) is 0 Å². The molecule has 1 heteroatoms. The van der Waals surface area contributed by atoms with Crippen molar-refractivity contribution in [3.8, 4) is 27.9 Å². The van der Waals surface area contributed by atoms with Gasteiger partial charge in [0.2, 0.25) is 0 Å². The third-order valence-electron chi connectivity index (χ3n) is 7.87. The fourth-order valence-corrected chi connectivity index (χ4v) is 6.21. The van der Waals surface area contributed by atoms with Crippen LogP contribution in [0.15, 0.2) is 140 Å². The van der Waals surface area contributed by atoms with Gasteiger partial charge in [-0.25, -0.2) is 0 Å². The van der Waals surface area contributed by atoms with Crippen LogP contribution in [0.5, 0.6) is 0 Å². The van der Waals surface area contributed by atoms with Crippen LogP contribution in [0.25, 0.3) is 71.3 Å². The third kappa shape index (κ3) is 3.29. The van der Waals surface area contributed by atoms with Gasteiger partial charge >= 0.3 is 0 Å². The Hall–Kier alpha value is -5.32. The van der Waals surface area contributed by atoms with Crippen molar-refractivity contribution in [2.24, 2.45) is 0 Å². The van der Waals surface area contributed by atoms with Crippen molar-refractivity contribution in [1.29, 1.82) is 0 Å². The molecule has 1 heterocycles. The lowest BCUT2D eigenvalue weighted by molar-refractivity contribution is 1.18. The van der Waals surface area contributed by atoms with Crippen LogP contribution in [0.4, 0.5) is 0 Å². The van der Waals surface area contributed by atoms with Crippen molar-refractivity contribution in [2.45, 2.75) is 0 Å². The Bertz CT molecular complexity index is 2040. The topological polar surface area (TPSA) is 4.93 Å². The number of aromatic nitrogens is 1. The zero-order chi connectivity index (χ0) is 25.8. The van der Waals surface area contributed by atoms with Gasteiger partial charge < -0.3 is 4.57 Å². The molecule has 180 valence electrons. The molecule has 0 bridgehead atoms. The highest BCUT2D eigenvalue weighted by atomic mass is 15.0. The first-order chi connectivity index (χ1) is 19.4. The highest BCUT2D eigenvalue weighted by molar-refractivity contribution is 6.21. The van der Waals surface area contributed by atoms with E-state index in [-0.39, 0.29) is 0 Å². The fourth-order valence-electron chi connectivity index (χ4n) is 6.21. The first-order valence-electron chi connectivity index (χ1n) is 13.3. The summed E-state index contributed by atoms with van der Waals surface area (Å²) >= 11 is 0. The fraction of sp³-hybridized carbons (Fsp3) is 0. The molecule has 0 radical (unpaired) electrons. The van der Waals surface area contributed by atoms with Gasteiger partial charge in [0.1, 0.15) is 0 Å². The second-order valence-corrected chi connectivity index (χ2v) is 9.98. The third-order valence-corrected chi connectivity index (χ3v) is 7.87. The molecule has 0 aliphatic carbocycles. The van der Waals surface area contributed by atoms with E-state index in [2.05, 4.69) is 156 Å². The highest BCUT2D eigenvalue weighted by Crippen LogP contribution is 2.43. The van der Waals surface area contributed by atoms with Crippen LogP contribution >= 0.6 is 0 Å². The maximum Gasteiger partial charge on any atom is 0.0541 e. The number of hydrogen-bond acceptors (Lipinski definition) is 0. The van der Waals surface area contributed by atoms with Crippen molar-refractivity contribution in [3.63, 3.8) is 0 Å². The van der Waals surface area contributed by atoms with Crippen LogP contribution in [0.2, 0.25) is 0 Å². The van der Waals surface area contributed by atoms with E-state index >= 15 is 0 Å². The Balaban J connectivity index is 1.38. The summed E-state index contributed by atoms with van der Waals surface area (Å²) in [4.78, 5) is 0. The van der Waals surface area contributed by atoms with E-state index in [1.165, 1.54) is 65.6 Å². The minimum atomic E-state index is 1.16. The van der Waals surface area contributed by atoms with Crippen LogP contribution in [-0.4, -0.2) is 4.57 Å². The molecule has 0 atom stereocenters. The lowest BCUT2D eigenvalue weighted by Crippen LogP contribution is -1.94. The molecule has 0 aliphatic heterocycles. The van der Waals surface area contributed by atoms with Crippen LogP contribution in [0.1, 0.15) is 0 Å². The summed E-state index contributed by atoms with van der Waals surface area (Å²) in [6, 6.07) is 56.4. The Morgan fingerprint density at radius 3 is 1.33 bits per heavy atom. The van der Waals surface area contributed by atoms with Gasteiger partial charge in [-0.2, -0.15) is 0 Å². The van der Waals surface area contributed by atoms with E-state index in [0.717, 1.165) is 5.69 Å². The zero-order valence-electron chi connectivity index (χ0n) is 21.2. The summed E-state index contributed by atoms with van der Waals surface area (Å²) in [6.45, 7) is 0. The molecule has 7 aromatic carbocycles. The van der Waals surface area contributed by atoms with E-state index in [1.807, 2.05) is 0 Å². The van der Waals surface area contributed by atoms with Gasteiger partial charge in [-0.1, -0.05) is 115 Å². The van der Waals surface area contributed by atoms with Gasteiger partial charge in [-0.05, 0) is 80.2 Å². The van der Waals surface area contributed by atoms with E-state index in [4.69, 9.17) is 0 Å². The van der Waals surface area contributed by atoms with E-state index in [9.17, 15) is 0 Å². The van der Waals surface area contributed by atoms with Crippen LogP contribution in [-0.2, 0) is 0 Å². The highest BCUT2D eigenvalue weighted by Gasteiger charge is 2.17. The molecule has 8 rings (SSSR count). The summed E-state index contributed by atoms with van der Waals surface area (Å²) in [7, 11) is 0. The maximum atomic E-state index is 3.23. The number of fused-ring (bicyclic) bond motifs is 5. The Morgan fingerprint density at radius 2 is 0.795 bits per heavy atom. The van der Waals surface area contributed by atoms with Crippen molar-refractivity contribution in [1.82, 2.24) is 4.57 Å². The molecule has 0 N–H and O–H groups in total. The van der Waals surface area contributed by atoms with Gasteiger partial charge in [0.25, 0.3) is 0 Å². The molecule has 0 aliphatic rings. The molecule has 0 saturated heterocycles. The Labute approximate surface area is 227 Å². The van der Waals surface area contributed by atoms with Crippen molar-refractivity contribution >= 4 is 43.4 Å². The largest absolute Gasteiger partial charge is 0.309 e. The lowest BCUT2D eigenvalue weighted by atomic mass is 9.86. The van der Waals surface area contributed by atoms with Gasteiger partial charge in [0.15, 0.2) is 0 Å². The quantitative estimate of drug-likeness (QED) is 0.231. The normalized spacial score (nSPS) is 11.4. The molecule has 0 amide bonds. The van der Waals surface area contributed by atoms with Crippen LogP contribution in [0.3, 0.4) is 0 Å². The predicted octanol–water partition coefficient (Wildman–Crippen LogP) is 10.0. The molecule has 8 aromatic rings. The minimum absolute atomic E-state index is 1.16. The Kier molecular flexibility index (Phi) is 4.80. The summed E-state index contributed by atoms with van der Waals surface area (Å²) in [5.74, 6) is 0. The molecule has 0 fully saturated rings. The molecule has 0 unspecified atom stereocenters. The first-order valence-corrected chi connectivity index (χ1v) is 13.3.